The number of imidazole rings is 1. The van der Waals surface area contributed by atoms with E-state index < -0.39 is 32.4 Å². The van der Waals surface area contributed by atoms with Crippen molar-refractivity contribution in [3.8, 4) is 5.75 Å². The maximum atomic E-state index is 13.1. The predicted molar refractivity (Wildman–Crippen MR) is 114 cm³/mol. The van der Waals surface area contributed by atoms with Gasteiger partial charge in [0, 0.05) is 31.3 Å². The summed E-state index contributed by atoms with van der Waals surface area (Å²) < 4.78 is 71.9. The van der Waals surface area contributed by atoms with E-state index in [-0.39, 0.29) is 17.2 Å². The molecule has 0 radical (unpaired) electrons. The van der Waals surface area contributed by atoms with Gasteiger partial charge in [-0.15, -0.1) is 0 Å². The van der Waals surface area contributed by atoms with Crippen LogP contribution in [0.25, 0.3) is 5.78 Å². The number of amides is 1. The molecule has 2 heterocycles. The van der Waals surface area contributed by atoms with Crippen LogP contribution in [0.15, 0.2) is 77.0 Å². The molecule has 4 rings (SSSR count). The summed E-state index contributed by atoms with van der Waals surface area (Å²) >= 11 is 0. The van der Waals surface area contributed by atoms with E-state index >= 15 is 0 Å². The highest BCUT2D eigenvalue weighted by Gasteiger charge is 2.33. The number of hydrogen-bond donors (Lipinski definition) is 1. The summed E-state index contributed by atoms with van der Waals surface area (Å²) in [6.07, 6.45) is 1.45. The lowest BCUT2D eigenvalue weighted by atomic mass is 10.2. The van der Waals surface area contributed by atoms with Gasteiger partial charge in [0.1, 0.15) is 10.6 Å². The number of carbonyl (C=O) groups excluding carboxylic acids is 1. The Hall–Kier alpha value is -3.93. The predicted octanol–water partition coefficient (Wildman–Crippen LogP) is 3.52. The van der Waals surface area contributed by atoms with Crippen LogP contribution in [0.3, 0.4) is 0 Å². The first kappa shape index (κ1) is 23.2. The molecule has 0 bridgehead atoms. The molecule has 4 aromatic rings. The lowest BCUT2D eigenvalue weighted by Gasteiger charge is -2.13. The number of nitrogens with one attached hydrogen (secondary N) is 1. The van der Waals surface area contributed by atoms with Gasteiger partial charge in [-0.05, 0) is 35.9 Å². The van der Waals surface area contributed by atoms with Crippen LogP contribution in [0.1, 0.15) is 21.5 Å². The third-order valence-corrected chi connectivity index (χ3v) is 6.77. The number of benzene rings is 2. The number of ether oxygens (including phenoxy) is 1. The Balaban J connectivity index is 1.52. The van der Waals surface area contributed by atoms with Gasteiger partial charge in [0.15, 0.2) is 0 Å². The summed E-state index contributed by atoms with van der Waals surface area (Å²) in [6.45, 7) is 0.0913. The zero-order chi connectivity index (χ0) is 24.5. The fourth-order valence-electron chi connectivity index (χ4n) is 3.19. The highest BCUT2D eigenvalue weighted by molar-refractivity contribution is 7.91. The smallest absolute Gasteiger partial charge is 0.416 e. The van der Waals surface area contributed by atoms with E-state index in [0.29, 0.717) is 23.0 Å². The number of aromatic nitrogens is 3. The van der Waals surface area contributed by atoms with Crippen molar-refractivity contribution in [1.82, 2.24) is 19.7 Å². The van der Waals surface area contributed by atoms with Gasteiger partial charge in [0.25, 0.3) is 5.91 Å². The molecule has 0 unspecified atom stereocenters. The molecule has 12 heteroatoms. The highest BCUT2D eigenvalue weighted by atomic mass is 32.2. The van der Waals surface area contributed by atoms with Crippen molar-refractivity contribution in [3.05, 3.63) is 83.9 Å². The Labute approximate surface area is 192 Å². The Kier molecular flexibility index (Phi) is 6.00. The number of nitrogens with zero attached hydrogens (tertiary/aromatic N) is 3. The topological polar surface area (TPSA) is 103 Å². The van der Waals surface area contributed by atoms with Gasteiger partial charge in [-0.1, -0.05) is 12.1 Å². The Morgan fingerprint density at radius 3 is 2.53 bits per heavy atom. The number of hydrogen-bond acceptors (Lipinski definition) is 6. The van der Waals surface area contributed by atoms with Crippen LogP contribution in [0, 0.1) is 0 Å². The Morgan fingerprint density at radius 2 is 1.85 bits per heavy atom. The molecule has 0 saturated heterocycles. The third kappa shape index (κ3) is 4.57. The number of sulfone groups is 1. The second kappa shape index (κ2) is 8.78. The second-order valence-electron chi connectivity index (χ2n) is 7.17. The molecule has 2 aromatic heterocycles. The first-order chi connectivity index (χ1) is 16.1. The van der Waals surface area contributed by atoms with E-state index in [1.807, 2.05) is 0 Å². The second-order valence-corrected chi connectivity index (χ2v) is 9.09. The van der Waals surface area contributed by atoms with Crippen molar-refractivity contribution < 1.29 is 31.1 Å². The van der Waals surface area contributed by atoms with Gasteiger partial charge in [-0.25, -0.2) is 18.4 Å². The van der Waals surface area contributed by atoms with E-state index in [2.05, 4.69) is 15.3 Å². The lowest BCUT2D eigenvalue weighted by molar-refractivity contribution is -0.137. The maximum absolute atomic E-state index is 13.1. The molecular weight excluding hydrogens is 473 g/mol. The van der Waals surface area contributed by atoms with E-state index in [0.717, 1.165) is 12.1 Å². The summed E-state index contributed by atoms with van der Waals surface area (Å²) in [5.41, 5.74) is -0.212. The SMILES string of the molecule is COc1ccc(C(F)(F)F)cc1S(=O)(=O)c1ccc(CNC(=O)c2cnc3nccn3c2)cc1. The Bertz CT molecular complexity index is 1470. The molecule has 2 aromatic carbocycles. The minimum absolute atomic E-state index is 0.0913. The molecule has 34 heavy (non-hydrogen) atoms. The van der Waals surface area contributed by atoms with Gasteiger partial charge in [0.2, 0.25) is 15.6 Å². The van der Waals surface area contributed by atoms with Crippen LogP contribution in [0.4, 0.5) is 13.2 Å². The van der Waals surface area contributed by atoms with Gasteiger partial charge in [0.05, 0.1) is 23.1 Å². The monoisotopic (exact) mass is 490 g/mol. The molecule has 176 valence electrons. The molecule has 0 aliphatic rings. The van der Waals surface area contributed by atoms with E-state index in [9.17, 15) is 26.4 Å². The molecule has 1 amide bonds. The molecule has 8 nitrogen and oxygen atoms in total. The van der Waals surface area contributed by atoms with Crippen molar-refractivity contribution in [2.45, 2.75) is 22.5 Å². The zero-order valence-electron chi connectivity index (χ0n) is 17.6. The number of carbonyl (C=O) groups is 1. The largest absolute Gasteiger partial charge is 0.495 e. The average Bonchev–Trinajstić information content (AvgIpc) is 3.29. The van der Waals surface area contributed by atoms with Crippen LogP contribution >= 0.6 is 0 Å². The van der Waals surface area contributed by atoms with Gasteiger partial charge in [-0.3, -0.25) is 9.20 Å². The van der Waals surface area contributed by atoms with Crippen LogP contribution in [-0.2, 0) is 22.6 Å². The molecule has 0 aliphatic heterocycles. The van der Waals surface area contributed by atoms with Crippen molar-refractivity contribution in [2.24, 2.45) is 0 Å². The minimum Gasteiger partial charge on any atom is -0.495 e. The summed E-state index contributed by atoms with van der Waals surface area (Å²) in [6, 6.07) is 7.72. The van der Waals surface area contributed by atoms with Crippen LogP contribution in [-0.4, -0.2) is 35.8 Å². The van der Waals surface area contributed by atoms with E-state index in [1.165, 1.54) is 37.6 Å². The summed E-state index contributed by atoms with van der Waals surface area (Å²) in [5, 5.41) is 2.70. The molecular formula is C22H17F3N4O4S. The van der Waals surface area contributed by atoms with Crippen molar-refractivity contribution in [3.63, 3.8) is 0 Å². The van der Waals surface area contributed by atoms with Gasteiger partial charge < -0.3 is 10.1 Å². The molecule has 1 N–H and O–H groups in total. The molecule has 0 aliphatic carbocycles. The highest BCUT2D eigenvalue weighted by Crippen LogP contribution is 2.36. The number of halogens is 3. The summed E-state index contributed by atoms with van der Waals surface area (Å²) in [5.74, 6) is -0.146. The first-order valence-corrected chi connectivity index (χ1v) is 11.2. The van der Waals surface area contributed by atoms with Gasteiger partial charge >= 0.3 is 6.18 Å². The van der Waals surface area contributed by atoms with Crippen molar-refractivity contribution >= 4 is 21.5 Å². The number of alkyl halides is 3. The third-order valence-electron chi connectivity index (χ3n) is 4.97. The fourth-order valence-corrected chi connectivity index (χ4v) is 4.64. The standard InChI is InChI=1S/C22H17F3N4O4S/c1-33-18-7-4-16(22(23,24)25)10-19(18)34(31,32)17-5-2-14(3-6-17)11-27-20(30)15-12-28-21-26-8-9-29(21)13-15/h2-10,12-13H,11H2,1H3,(H,27,30). The molecule has 0 saturated carbocycles. The van der Waals surface area contributed by atoms with Gasteiger partial charge in [-0.2, -0.15) is 13.2 Å². The Morgan fingerprint density at radius 1 is 1.12 bits per heavy atom. The van der Waals surface area contributed by atoms with Crippen LogP contribution in [0.5, 0.6) is 5.75 Å². The molecule has 0 fully saturated rings. The van der Waals surface area contributed by atoms with Crippen LogP contribution < -0.4 is 10.1 Å². The van der Waals surface area contributed by atoms with Crippen molar-refractivity contribution in [2.75, 3.05) is 7.11 Å². The van der Waals surface area contributed by atoms with Crippen molar-refractivity contribution in [1.29, 1.82) is 0 Å². The summed E-state index contributed by atoms with van der Waals surface area (Å²) in [4.78, 5) is 19.7. The first-order valence-electron chi connectivity index (χ1n) is 9.76. The minimum atomic E-state index is -4.71. The molecule has 0 spiro atoms. The summed E-state index contributed by atoms with van der Waals surface area (Å²) in [7, 11) is -3.13. The van der Waals surface area contributed by atoms with Crippen LogP contribution in [0.2, 0.25) is 0 Å². The number of fused-ring (bicyclic) bond motifs is 1. The van der Waals surface area contributed by atoms with E-state index in [4.69, 9.17) is 4.74 Å². The average molecular weight is 490 g/mol. The quantitative estimate of drug-likeness (QED) is 0.444. The maximum Gasteiger partial charge on any atom is 0.416 e. The lowest BCUT2D eigenvalue weighted by Crippen LogP contribution is -2.23. The fraction of sp³-hybridized carbons (Fsp3) is 0.136. The normalized spacial score (nSPS) is 12.0. The molecule has 0 atom stereocenters. The number of rotatable bonds is 6. The van der Waals surface area contributed by atoms with E-state index in [1.54, 1.807) is 23.0 Å². The number of methoxy groups -OCH3 is 1. The zero-order valence-corrected chi connectivity index (χ0v) is 18.4.